The van der Waals surface area contributed by atoms with Gasteiger partial charge in [0.2, 0.25) is 0 Å². The molecule has 2 nitrogen and oxygen atoms in total. The summed E-state index contributed by atoms with van der Waals surface area (Å²) in [6, 6.07) is 8.36. The van der Waals surface area contributed by atoms with Crippen LogP contribution in [0.1, 0.15) is 24.2 Å². The van der Waals surface area contributed by atoms with Gasteiger partial charge in [-0.15, -0.1) is 0 Å². The minimum absolute atomic E-state index is 0.127. The number of ether oxygens (including phenoxy) is 1. The van der Waals surface area contributed by atoms with E-state index < -0.39 is 11.9 Å². The van der Waals surface area contributed by atoms with Crippen molar-refractivity contribution in [3.05, 3.63) is 63.6 Å². The first kappa shape index (κ1) is 14.9. The molecule has 5 heteroatoms. The van der Waals surface area contributed by atoms with Crippen LogP contribution in [0.2, 0.25) is 0 Å². The second-order valence-corrected chi connectivity index (χ2v) is 5.34. The van der Waals surface area contributed by atoms with E-state index in [1.54, 1.807) is 6.07 Å². The van der Waals surface area contributed by atoms with Gasteiger partial charge in [-0.3, -0.25) is 0 Å². The molecule has 106 valence electrons. The summed E-state index contributed by atoms with van der Waals surface area (Å²) in [5.41, 5.74) is 0.998. The number of benzene rings is 2. The number of aliphatic hydroxyl groups is 1. The van der Waals surface area contributed by atoms with Crippen molar-refractivity contribution in [2.45, 2.75) is 19.6 Å². The van der Waals surface area contributed by atoms with Crippen molar-refractivity contribution < 1.29 is 18.6 Å². The summed E-state index contributed by atoms with van der Waals surface area (Å²) in [5, 5.41) is 9.60. The molecule has 0 radical (unpaired) electrons. The molecule has 0 aliphatic heterocycles. The Labute approximate surface area is 124 Å². The number of hydrogen-bond acceptors (Lipinski definition) is 2. The van der Waals surface area contributed by atoms with Gasteiger partial charge in [0.05, 0.1) is 6.10 Å². The Hall–Kier alpha value is -1.46. The van der Waals surface area contributed by atoms with Crippen LogP contribution in [0.3, 0.4) is 0 Å². The van der Waals surface area contributed by atoms with Gasteiger partial charge < -0.3 is 9.84 Å². The molecule has 0 saturated heterocycles. The molecule has 1 atom stereocenters. The molecule has 1 N–H and O–H groups in total. The van der Waals surface area contributed by atoms with Gasteiger partial charge in [0, 0.05) is 10.0 Å². The summed E-state index contributed by atoms with van der Waals surface area (Å²) in [4.78, 5) is 0. The largest absolute Gasteiger partial charge is 0.489 e. The van der Waals surface area contributed by atoms with Crippen molar-refractivity contribution in [3.8, 4) is 5.75 Å². The van der Waals surface area contributed by atoms with E-state index in [9.17, 15) is 13.9 Å². The van der Waals surface area contributed by atoms with Gasteiger partial charge in [-0.25, -0.2) is 8.78 Å². The van der Waals surface area contributed by atoms with Gasteiger partial charge in [-0.05, 0) is 48.9 Å². The fraction of sp³-hybridized carbons (Fsp3) is 0.200. The highest BCUT2D eigenvalue weighted by Crippen LogP contribution is 2.27. The van der Waals surface area contributed by atoms with Crippen LogP contribution in [0.4, 0.5) is 8.78 Å². The lowest BCUT2D eigenvalue weighted by Gasteiger charge is -2.13. The minimum Gasteiger partial charge on any atom is -0.489 e. The molecule has 0 spiro atoms. The standard InChI is InChI=1S/C15H13BrF2O2/c1-9(19)14-7-12(17)2-3-15(14)20-8-10-4-11(16)6-13(18)5-10/h2-7,9,19H,8H2,1H3/t9-/m0/s1. The van der Waals surface area contributed by atoms with Gasteiger partial charge in [-0.2, -0.15) is 0 Å². The van der Waals surface area contributed by atoms with Crippen LogP contribution in [0.15, 0.2) is 40.9 Å². The second kappa shape index (κ2) is 6.33. The molecule has 0 fully saturated rings. The van der Waals surface area contributed by atoms with Crippen LogP contribution in [0, 0.1) is 11.6 Å². The molecule has 0 saturated carbocycles. The van der Waals surface area contributed by atoms with E-state index in [-0.39, 0.29) is 12.4 Å². The van der Waals surface area contributed by atoms with E-state index in [1.807, 2.05) is 0 Å². The average Bonchev–Trinajstić information content (AvgIpc) is 2.36. The predicted octanol–water partition coefficient (Wildman–Crippen LogP) is 4.36. The van der Waals surface area contributed by atoms with Gasteiger partial charge >= 0.3 is 0 Å². The zero-order valence-corrected chi connectivity index (χ0v) is 12.3. The van der Waals surface area contributed by atoms with Crippen molar-refractivity contribution in [2.75, 3.05) is 0 Å². The van der Waals surface area contributed by atoms with Crippen LogP contribution < -0.4 is 4.74 Å². The monoisotopic (exact) mass is 342 g/mol. The van der Waals surface area contributed by atoms with Gasteiger partial charge in [0.15, 0.2) is 0 Å². The van der Waals surface area contributed by atoms with Crippen LogP contribution in [-0.2, 0) is 6.61 Å². The Morgan fingerprint density at radius 2 is 1.90 bits per heavy atom. The first-order chi connectivity index (χ1) is 9.45. The molecule has 2 aromatic carbocycles. The van der Waals surface area contributed by atoms with Crippen molar-refractivity contribution in [3.63, 3.8) is 0 Å². The Morgan fingerprint density at radius 1 is 1.15 bits per heavy atom. The Balaban J connectivity index is 2.18. The zero-order valence-electron chi connectivity index (χ0n) is 10.7. The minimum atomic E-state index is -0.847. The average molecular weight is 343 g/mol. The summed E-state index contributed by atoms with van der Waals surface area (Å²) in [5.74, 6) is -0.434. The summed E-state index contributed by atoms with van der Waals surface area (Å²) < 4.78 is 32.5. The molecular weight excluding hydrogens is 330 g/mol. The summed E-state index contributed by atoms with van der Waals surface area (Å²) in [6.07, 6.45) is -0.847. The Kier molecular flexibility index (Phi) is 4.73. The van der Waals surface area contributed by atoms with Crippen molar-refractivity contribution in [1.82, 2.24) is 0 Å². The molecular formula is C15H13BrF2O2. The molecule has 0 aromatic heterocycles. The molecule has 20 heavy (non-hydrogen) atoms. The van der Waals surface area contributed by atoms with Crippen LogP contribution in [0.5, 0.6) is 5.75 Å². The highest BCUT2D eigenvalue weighted by molar-refractivity contribution is 9.10. The molecule has 0 unspecified atom stereocenters. The first-order valence-corrected chi connectivity index (χ1v) is 6.80. The highest BCUT2D eigenvalue weighted by Gasteiger charge is 2.11. The maximum atomic E-state index is 13.2. The third kappa shape index (κ3) is 3.77. The van der Waals surface area contributed by atoms with Crippen molar-refractivity contribution >= 4 is 15.9 Å². The second-order valence-electron chi connectivity index (χ2n) is 4.42. The van der Waals surface area contributed by atoms with E-state index in [0.29, 0.717) is 21.3 Å². The lowest BCUT2D eigenvalue weighted by Crippen LogP contribution is -2.02. The van der Waals surface area contributed by atoms with E-state index in [2.05, 4.69) is 15.9 Å². The first-order valence-electron chi connectivity index (χ1n) is 6.01. The number of aliphatic hydroxyl groups excluding tert-OH is 1. The number of rotatable bonds is 4. The van der Waals surface area contributed by atoms with E-state index in [0.717, 1.165) is 0 Å². The maximum Gasteiger partial charge on any atom is 0.125 e. The highest BCUT2D eigenvalue weighted by atomic mass is 79.9. The lowest BCUT2D eigenvalue weighted by atomic mass is 10.1. The Morgan fingerprint density at radius 3 is 2.55 bits per heavy atom. The van der Waals surface area contributed by atoms with Crippen molar-refractivity contribution in [1.29, 1.82) is 0 Å². The molecule has 0 amide bonds. The molecule has 2 aromatic rings. The van der Waals surface area contributed by atoms with Crippen LogP contribution >= 0.6 is 15.9 Å². The van der Waals surface area contributed by atoms with E-state index in [4.69, 9.17) is 4.74 Å². The van der Waals surface area contributed by atoms with Crippen LogP contribution in [-0.4, -0.2) is 5.11 Å². The van der Waals surface area contributed by atoms with Gasteiger partial charge in [0.1, 0.15) is 24.0 Å². The summed E-state index contributed by atoms with van der Waals surface area (Å²) >= 11 is 3.20. The lowest BCUT2D eigenvalue weighted by molar-refractivity contribution is 0.189. The van der Waals surface area contributed by atoms with Crippen LogP contribution in [0.25, 0.3) is 0 Å². The maximum absolute atomic E-state index is 13.2. The SMILES string of the molecule is C[C@H](O)c1cc(F)ccc1OCc1cc(F)cc(Br)c1. The topological polar surface area (TPSA) is 29.5 Å². The molecule has 0 heterocycles. The molecule has 2 rings (SSSR count). The molecule has 0 aliphatic carbocycles. The smallest absolute Gasteiger partial charge is 0.125 e. The van der Waals surface area contributed by atoms with Crippen molar-refractivity contribution in [2.24, 2.45) is 0 Å². The summed E-state index contributed by atoms with van der Waals surface area (Å²) in [6.45, 7) is 1.65. The van der Waals surface area contributed by atoms with Gasteiger partial charge in [-0.1, -0.05) is 15.9 Å². The zero-order chi connectivity index (χ0) is 14.7. The van der Waals surface area contributed by atoms with E-state index >= 15 is 0 Å². The Bertz CT molecular complexity index is 595. The fourth-order valence-electron chi connectivity index (χ4n) is 1.83. The normalized spacial score (nSPS) is 12.2. The quantitative estimate of drug-likeness (QED) is 0.894. The van der Waals surface area contributed by atoms with E-state index in [1.165, 1.54) is 37.3 Å². The molecule has 0 aliphatic rings. The van der Waals surface area contributed by atoms with Gasteiger partial charge in [0.25, 0.3) is 0 Å². The predicted molar refractivity (Wildman–Crippen MR) is 75.5 cm³/mol. The number of halogens is 3. The summed E-state index contributed by atoms with van der Waals surface area (Å²) in [7, 11) is 0. The fourth-order valence-corrected chi connectivity index (χ4v) is 2.35. The third-order valence-electron chi connectivity index (χ3n) is 2.74. The molecule has 0 bridgehead atoms. The third-order valence-corrected chi connectivity index (χ3v) is 3.20. The number of hydrogen-bond donors (Lipinski definition) is 1.